The molecule has 0 spiro atoms. The van der Waals surface area contributed by atoms with Crippen molar-refractivity contribution in [3.8, 4) is 6.01 Å². The lowest BCUT2D eigenvalue weighted by Gasteiger charge is -2.26. The number of likely N-dealkylation sites (N-methyl/N-ethyl adjacent to an activating group) is 1. The second-order valence-corrected chi connectivity index (χ2v) is 6.77. The maximum Gasteiger partial charge on any atom is 0.318 e. The maximum absolute atomic E-state index is 6.17. The quantitative estimate of drug-likeness (QED) is 0.639. The van der Waals surface area contributed by atoms with E-state index < -0.39 is 0 Å². The Labute approximate surface area is 152 Å². The molecule has 1 aromatic heterocycles. The highest BCUT2D eigenvalue weighted by molar-refractivity contribution is 5.36. The molecule has 0 amide bonds. The highest BCUT2D eigenvalue weighted by Crippen LogP contribution is 2.15. The van der Waals surface area contributed by atoms with Gasteiger partial charge < -0.3 is 14.5 Å². The van der Waals surface area contributed by atoms with Gasteiger partial charge in [0.1, 0.15) is 11.9 Å². The Morgan fingerprint density at radius 1 is 1.36 bits per heavy atom. The SMILES string of the molecule is C=CCC[C@H](CN1CCCN(C)CC1)Oc1nccc(N(C)CC)n1. The van der Waals surface area contributed by atoms with Crippen LogP contribution in [0.4, 0.5) is 5.82 Å². The first-order valence-electron chi connectivity index (χ1n) is 9.35. The second kappa shape index (κ2) is 10.4. The fourth-order valence-corrected chi connectivity index (χ4v) is 2.97. The van der Waals surface area contributed by atoms with Gasteiger partial charge in [0.2, 0.25) is 0 Å². The van der Waals surface area contributed by atoms with Crippen LogP contribution in [0.15, 0.2) is 24.9 Å². The Hall–Kier alpha value is -1.66. The Kier molecular flexibility index (Phi) is 8.15. The molecular formula is C19H33N5O. The van der Waals surface area contributed by atoms with Crippen molar-refractivity contribution in [2.45, 2.75) is 32.3 Å². The molecule has 0 N–H and O–H groups in total. The van der Waals surface area contributed by atoms with E-state index in [9.17, 15) is 0 Å². The summed E-state index contributed by atoms with van der Waals surface area (Å²) in [6, 6.07) is 2.39. The van der Waals surface area contributed by atoms with E-state index in [0.717, 1.165) is 51.4 Å². The molecule has 0 bridgehead atoms. The molecule has 1 saturated heterocycles. The van der Waals surface area contributed by atoms with Gasteiger partial charge in [-0.15, -0.1) is 6.58 Å². The smallest absolute Gasteiger partial charge is 0.318 e. The van der Waals surface area contributed by atoms with Crippen LogP contribution in [0.1, 0.15) is 26.2 Å². The van der Waals surface area contributed by atoms with Crippen molar-refractivity contribution in [3.63, 3.8) is 0 Å². The topological polar surface area (TPSA) is 44.7 Å². The van der Waals surface area contributed by atoms with Gasteiger partial charge in [-0.2, -0.15) is 4.98 Å². The lowest BCUT2D eigenvalue weighted by atomic mass is 10.2. The lowest BCUT2D eigenvalue weighted by molar-refractivity contribution is 0.118. The minimum atomic E-state index is 0.0867. The molecule has 1 aliphatic heterocycles. The summed E-state index contributed by atoms with van der Waals surface area (Å²) in [6.45, 7) is 12.3. The van der Waals surface area contributed by atoms with Gasteiger partial charge in [0, 0.05) is 39.4 Å². The summed E-state index contributed by atoms with van der Waals surface area (Å²) in [5, 5.41) is 0. The van der Waals surface area contributed by atoms with E-state index in [2.05, 4.69) is 45.2 Å². The first kappa shape index (κ1) is 19.7. The Morgan fingerprint density at radius 2 is 2.20 bits per heavy atom. The van der Waals surface area contributed by atoms with E-state index in [-0.39, 0.29) is 6.10 Å². The first-order valence-corrected chi connectivity index (χ1v) is 9.35. The number of ether oxygens (including phenoxy) is 1. The maximum atomic E-state index is 6.17. The zero-order chi connectivity index (χ0) is 18.1. The lowest BCUT2D eigenvalue weighted by Crippen LogP contribution is -2.38. The Bertz CT molecular complexity index is 524. The molecule has 1 aromatic rings. The third-order valence-corrected chi connectivity index (χ3v) is 4.72. The summed E-state index contributed by atoms with van der Waals surface area (Å²) >= 11 is 0. The van der Waals surface area contributed by atoms with Crippen LogP contribution < -0.4 is 9.64 Å². The van der Waals surface area contributed by atoms with Crippen LogP contribution in [-0.4, -0.2) is 79.2 Å². The summed E-state index contributed by atoms with van der Waals surface area (Å²) < 4.78 is 6.17. The predicted molar refractivity (Wildman–Crippen MR) is 103 cm³/mol. The van der Waals surface area contributed by atoms with Gasteiger partial charge in [-0.05, 0) is 52.4 Å². The van der Waals surface area contributed by atoms with E-state index in [1.54, 1.807) is 6.20 Å². The zero-order valence-electron chi connectivity index (χ0n) is 16.0. The van der Waals surface area contributed by atoms with Gasteiger partial charge in [0.25, 0.3) is 0 Å². The molecule has 0 unspecified atom stereocenters. The zero-order valence-corrected chi connectivity index (χ0v) is 16.0. The molecule has 6 heteroatoms. The van der Waals surface area contributed by atoms with Crippen molar-refractivity contribution >= 4 is 5.82 Å². The minimum absolute atomic E-state index is 0.0867. The molecule has 25 heavy (non-hydrogen) atoms. The third-order valence-electron chi connectivity index (χ3n) is 4.72. The highest BCUT2D eigenvalue weighted by Gasteiger charge is 2.19. The van der Waals surface area contributed by atoms with Gasteiger partial charge in [-0.25, -0.2) is 4.98 Å². The van der Waals surface area contributed by atoms with Crippen molar-refractivity contribution in [1.82, 2.24) is 19.8 Å². The Morgan fingerprint density at radius 3 is 2.96 bits per heavy atom. The number of nitrogens with zero attached hydrogens (tertiary/aromatic N) is 5. The molecule has 0 aromatic carbocycles. The first-order chi connectivity index (χ1) is 12.1. The van der Waals surface area contributed by atoms with Gasteiger partial charge in [-0.3, -0.25) is 4.90 Å². The molecule has 0 saturated carbocycles. The standard InChI is InChI=1S/C19H33N5O/c1-5-7-9-17(16-24-13-8-12-22(3)14-15-24)25-19-20-11-10-18(21-19)23(4)6-2/h5,10-11,17H,1,6-9,12-16H2,2-4H3/t17-/m1/s1. The van der Waals surface area contributed by atoms with Crippen LogP contribution in [0.5, 0.6) is 6.01 Å². The number of allylic oxidation sites excluding steroid dienone is 1. The summed E-state index contributed by atoms with van der Waals surface area (Å²) in [7, 11) is 4.22. The molecule has 0 radical (unpaired) electrons. The van der Waals surface area contributed by atoms with Crippen LogP contribution in [0, 0.1) is 0 Å². The molecule has 0 aliphatic carbocycles. The highest BCUT2D eigenvalue weighted by atomic mass is 16.5. The number of aromatic nitrogens is 2. The third kappa shape index (κ3) is 6.63. The molecule has 2 heterocycles. The Balaban J connectivity index is 2.00. The number of hydrogen-bond donors (Lipinski definition) is 0. The number of hydrogen-bond acceptors (Lipinski definition) is 6. The minimum Gasteiger partial charge on any atom is -0.459 e. The van der Waals surface area contributed by atoms with Gasteiger partial charge in [-0.1, -0.05) is 6.08 Å². The van der Waals surface area contributed by atoms with Crippen LogP contribution in [0.25, 0.3) is 0 Å². The van der Waals surface area contributed by atoms with Gasteiger partial charge >= 0.3 is 6.01 Å². The fraction of sp³-hybridized carbons (Fsp3) is 0.684. The van der Waals surface area contributed by atoms with Crippen molar-refractivity contribution in [2.75, 3.05) is 58.3 Å². The fourth-order valence-electron chi connectivity index (χ4n) is 2.97. The van der Waals surface area contributed by atoms with E-state index in [1.165, 1.54) is 13.0 Å². The second-order valence-electron chi connectivity index (χ2n) is 6.77. The normalized spacial score (nSPS) is 17.7. The van der Waals surface area contributed by atoms with Crippen LogP contribution in [-0.2, 0) is 0 Å². The predicted octanol–water partition coefficient (Wildman–Crippen LogP) is 2.28. The van der Waals surface area contributed by atoms with Crippen LogP contribution >= 0.6 is 0 Å². The van der Waals surface area contributed by atoms with Crippen molar-refractivity contribution in [2.24, 2.45) is 0 Å². The average molecular weight is 348 g/mol. The van der Waals surface area contributed by atoms with Gasteiger partial charge in [0.15, 0.2) is 0 Å². The molecule has 1 atom stereocenters. The summed E-state index contributed by atoms with van der Waals surface area (Å²) in [5.41, 5.74) is 0. The van der Waals surface area contributed by atoms with Crippen LogP contribution in [0.3, 0.4) is 0 Å². The van der Waals surface area contributed by atoms with Crippen molar-refractivity contribution in [3.05, 3.63) is 24.9 Å². The van der Waals surface area contributed by atoms with E-state index in [0.29, 0.717) is 6.01 Å². The van der Waals surface area contributed by atoms with E-state index in [1.807, 2.05) is 19.2 Å². The van der Waals surface area contributed by atoms with E-state index in [4.69, 9.17) is 4.74 Å². The molecular weight excluding hydrogens is 314 g/mol. The molecule has 1 fully saturated rings. The van der Waals surface area contributed by atoms with E-state index >= 15 is 0 Å². The molecule has 6 nitrogen and oxygen atoms in total. The number of anilines is 1. The monoisotopic (exact) mass is 347 g/mol. The summed E-state index contributed by atoms with van der Waals surface area (Å²) in [4.78, 5) is 15.8. The molecule has 1 aliphatic rings. The average Bonchev–Trinajstić information content (AvgIpc) is 2.83. The summed E-state index contributed by atoms with van der Waals surface area (Å²) in [5.74, 6) is 0.895. The largest absolute Gasteiger partial charge is 0.459 e. The van der Waals surface area contributed by atoms with Crippen LogP contribution in [0.2, 0.25) is 0 Å². The molecule has 2 rings (SSSR count). The van der Waals surface area contributed by atoms with Crippen molar-refractivity contribution in [1.29, 1.82) is 0 Å². The number of rotatable bonds is 9. The summed E-state index contributed by atoms with van der Waals surface area (Å²) in [6.07, 6.45) is 6.89. The van der Waals surface area contributed by atoms with Crippen molar-refractivity contribution < 1.29 is 4.74 Å². The molecule has 140 valence electrons. The van der Waals surface area contributed by atoms with Gasteiger partial charge in [0.05, 0.1) is 0 Å².